The molecule has 0 aliphatic carbocycles. The van der Waals surface area contributed by atoms with Crippen molar-refractivity contribution in [3.05, 3.63) is 62.7 Å². The first-order valence-corrected chi connectivity index (χ1v) is 9.24. The summed E-state index contributed by atoms with van der Waals surface area (Å²) in [6.07, 6.45) is 0.516. The van der Waals surface area contributed by atoms with E-state index in [1.54, 1.807) is 18.2 Å². The lowest BCUT2D eigenvalue weighted by molar-refractivity contribution is -0.385. The molecule has 0 fully saturated rings. The highest BCUT2D eigenvalue weighted by Crippen LogP contribution is 2.25. The SMILES string of the molecule is Cc1cc(Cl)ccc1OCCCC(=O)OCC(=O)Nc1cccc([N+](=O)[O-])c1C. The Labute approximate surface area is 172 Å². The van der Waals surface area contributed by atoms with Gasteiger partial charge in [-0.1, -0.05) is 17.7 Å². The van der Waals surface area contributed by atoms with Gasteiger partial charge in [-0.2, -0.15) is 0 Å². The van der Waals surface area contributed by atoms with Gasteiger partial charge >= 0.3 is 5.97 Å². The van der Waals surface area contributed by atoms with Gasteiger partial charge in [0.25, 0.3) is 11.6 Å². The lowest BCUT2D eigenvalue weighted by Gasteiger charge is -2.10. The van der Waals surface area contributed by atoms with Gasteiger partial charge in [0.1, 0.15) is 5.75 Å². The van der Waals surface area contributed by atoms with E-state index in [0.29, 0.717) is 35.1 Å². The molecule has 154 valence electrons. The lowest BCUT2D eigenvalue weighted by Crippen LogP contribution is -2.21. The van der Waals surface area contributed by atoms with Crippen LogP contribution in [0.15, 0.2) is 36.4 Å². The summed E-state index contributed by atoms with van der Waals surface area (Å²) in [7, 11) is 0. The molecule has 0 unspecified atom stereocenters. The molecule has 2 rings (SSSR count). The van der Waals surface area contributed by atoms with Crippen molar-refractivity contribution in [3.63, 3.8) is 0 Å². The van der Waals surface area contributed by atoms with Crippen LogP contribution < -0.4 is 10.1 Å². The minimum absolute atomic E-state index is 0.0930. The number of ether oxygens (including phenoxy) is 2. The first kappa shape index (κ1) is 22.2. The third-order valence-corrected chi connectivity index (χ3v) is 4.30. The van der Waals surface area contributed by atoms with E-state index in [0.717, 1.165) is 5.56 Å². The Balaban J connectivity index is 1.71. The van der Waals surface area contributed by atoms with Crippen molar-refractivity contribution in [2.45, 2.75) is 26.7 Å². The maximum absolute atomic E-state index is 11.9. The van der Waals surface area contributed by atoms with Crippen LogP contribution in [0.2, 0.25) is 5.02 Å². The van der Waals surface area contributed by atoms with E-state index in [9.17, 15) is 19.7 Å². The number of anilines is 1. The Bertz CT molecular complexity index is 916. The zero-order valence-corrected chi connectivity index (χ0v) is 16.8. The monoisotopic (exact) mass is 420 g/mol. The first-order chi connectivity index (χ1) is 13.8. The molecule has 0 radical (unpaired) electrons. The number of nitrogens with one attached hydrogen (secondary N) is 1. The van der Waals surface area contributed by atoms with Crippen molar-refractivity contribution >= 4 is 34.9 Å². The van der Waals surface area contributed by atoms with Gasteiger partial charge in [0.2, 0.25) is 0 Å². The van der Waals surface area contributed by atoms with Crippen molar-refractivity contribution in [2.75, 3.05) is 18.5 Å². The summed E-state index contributed by atoms with van der Waals surface area (Å²) in [6, 6.07) is 9.62. The summed E-state index contributed by atoms with van der Waals surface area (Å²) in [5.41, 5.74) is 1.42. The fourth-order valence-electron chi connectivity index (χ4n) is 2.53. The Morgan fingerprint density at radius 2 is 1.97 bits per heavy atom. The highest BCUT2D eigenvalue weighted by molar-refractivity contribution is 6.30. The van der Waals surface area contributed by atoms with Gasteiger partial charge in [-0.25, -0.2) is 0 Å². The second kappa shape index (κ2) is 10.4. The molecule has 1 amide bonds. The van der Waals surface area contributed by atoms with Crippen LogP contribution in [0.5, 0.6) is 5.75 Å². The standard InChI is InChI=1S/C20H21ClN2O6/c1-13-11-15(21)8-9-18(13)28-10-4-7-20(25)29-12-19(24)22-16-5-3-6-17(14(16)2)23(26)27/h3,5-6,8-9,11H,4,7,10,12H2,1-2H3,(H,22,24). The normalized spacial score (nSPS) is 10.3. The molecule has 0 bridgehead atoms. The number of rotatable bonds is 9. The topological polar surface area (TPSA) is 108 Å². The minimum atomic E-state index is -0.574. The van der Waals surface area contributed by atoms with Crippen molar-refractivity contribution in [1.29, 1.82) is 0 Å². The Hall–Kier alpha value is -3.13. The van der Waals surface area contributed by atoms with E-state index in [-0.39, 0.29) is 12.1 Å². The molecule has 2 aromatic rings. The molecule has 9 heteroatoms. The van der Waals surface area contributed by atoms with Crippen LogP contribution in [0.25, 0.3) is 0 Å². The highest BCUT2D eigenvalue weighted by atomic mass is 35.5. The number of nitro benzene ring substituents is 1. The number of carbonyl (C=O) groups excluding carboxylic acids is 2. The van der Waals surface area contributed by atoms with Crippen LogP contribution in [0.4, 0.5) is 11.4 Å². The van der Waals surface area contributed by atoms with Crippen molar-refractivity contribution in [2.24, 2.45) is 0 Å². The van der Waals surface area contributed by atoms with Gasteiger partial charge in [0, 0.05) is 17.5 Å². The van der Waals surface area contributed by atoms with Crippen LogP contribution in [-0.4, -0.2) is 30.0 Å². The quantitative estimate of drug-likeness (QED) is 0.282. The summed E-state index contributed by atoms with van der Waals surface area (Å²) in [4.78, 5) is 34.1. The Kier molecular flexibility index (Phi) is 7.97. The number of amides is 1. The molecular weight excluding hydrogens is 400 g/mol. The number of nitrogens with zero attached hydrogens (tertiary/aromatic N) is 1. The van der Waals surface area contributed by atoms with Gasteiger partial charge in [-0.05, 0) is 50.1 Å². The van der Waals surface area contributed by atoms with Crippen LogP contribution in [-0.2, 0) is 14.3 Å². The van der Waals surface area contributed by atoms with Gasteiger partial charge in [0.05, 0.1) is 22.8 Å². The molecular formula is C20H21ClN2O6. The fraction of sp³-hybridized carbons (Fsp3) is 0.300. The summed E-state index contributed by atoms with van der Waals surface area (Å²) < 4.78 is 10.5. The first-order valence-electron chi connectivity index (χ1n) is 8.86. The number of benzene rings is 2. The van der Waals surface area contributed by atoms with Crippen LogP contribution in [0.3, 0.4) is 0 Å². The van der Waals surface area contributed by atoms with Crippen molar-refractivity contribution in [3.8, 4) is 5.75 Å². The van der Waals surface area contributed by atoms with E-state index in [1.165, 1.54) is 25.1 Å². The summed E-state index contributed by atoms with van der Waals surface area (Å²) in [6.45, 7) is 3.24. The number of esters is 1. The third kappa shape index (κ3) is 6.76. The number of halogens is 1. The third-order valence-electron chi connectivity index (χ3n) is 4.06. The average molecular weight is 421 g/mol. The molecule has 0 saturated heterocycles. The number of hydrogen-bond acceptors (Lipinski definition) is 6. The van der Waals surface area contributed by atoms with Gasteiger partial charge in [0.15, 0.2) is 6.61 Å². The molecule has 0 aromatic heterocycles. The predicted octanol–water partition coefficient (Wildman–Crippen LogP) is 4.21. The smallest absolute Gasteiger partial charge is 0.306 e. The number of aryl methyl sites for hydroxylation is 1. The zero-order valence-electron chi connectivity index (χ0n) is 16.1. The Morgan fingerprint density at radius 3 is 2.66 bits per heavy atom. The number of carbonyl (C=O) groups is 2. The van der Waals surface area contributed by atoms with E-state index < -0.39 is 23.4 Å². The van der Waals surface area contributed by atoms with Crippen LogP contribution in [0, 0.1) is 24.0 Å². The average Bonchev–Trinajstić information content (AvgIpc) is 2.66. The van der Waals surface area contributed by atoms with E-state index in [2.05, 4.69) is 5.32 Å². The van der Waals surface area contributed by atoms with Crippen molar-refractivity contribution < 1.29 is 24.0 Å². The molecule has 0 aliphatic rings. The second-order valence-electron chi connectivity index (χ2n) is 6.28. The summed E-state index contributed by atoms with van der Waals surface area (Å²) >= 11 is 5.88. The van der Waals surface area contributed by atoms with E-state index >= 15 is 0 Å². The molecule has 29 heavy (non-hydrogen) atoms. The van der Waals surface area contributed by atoms with Crippen LogP contribution >= 0.6 is 11.6 Å². The van der Waals surface area contributed by atoms with Crippen LogP contribution in [0.1, 0.15) is 24.0 Å². The second-order valence-corrected chi connectivity index (χ2v) is 6.71. The molecule has 8 nitrogen and oxygen atoms in total. The molecule has 0 spiro atoms. The van der Waals surface area contributed by atoms with Gasteiger partial charge in [-0.15, -0.1) is 0 Å². The number of hydrogen-bond donors (Lipinski definition) is 1. The van der Waals surface area contributed by atoms with Gasteiger partial charge in [-0.3, -0.25) is 19.7 Å². The lowest BCUT2D eigenvalue weighted by atomic mass is 10.1. The molecule has 2 aromatic carbocycles. The minimum Gasteiger partial charge on any atom is -0.493 e. The van der Waals surface area contributed by atoms with E-state index in [1.807, 2.05) is 6.92 Å². The number of nitro groups is 1. The Morgan fingerprint density at radius 1 is 1.21 bits per heavy atom. The fourth-order valence-corrected chi connectivity index (χ4v) is 2.76. The molecule has 0 saturated carbocycles. The predicted molar refractivity (Wildman–Crippen MR) is 108 cm³/mol. The zero-order chi connectivity index (χ0) is 21.4. The van der Waals surface area contributed by atoms with E-state index in [4.69, 9.17) is 21.1 Å². The maximum atomic E-state index is 11.9. The molecule has 0 atom stereocenters. The highest BCUT2D eigenvalue weighted by Gasteiger charge is 2.15. The van der Waals surface area contributed by atoms with Crippen molar-refractivity contribution in [1.82, 2.24) is 0 Å². The maximum Gasteiger partial charge on any atom is 0.306 e. The largest absolute Gasteiger partial charge is 0.493 e. The summed E-state index contributed by atoms with van der Waals surface area (Å²) in [5.74, 6) is -0.420. The molecule has 0 heterocycles. The van der Waals surface area contributed by atoms with Gasteiger partial charge < -0.3 is 14.8 Å². The summed E-state index contributed by atoms with van der Waals surface area (Å²) in [5, 5.41) is 14.1. The molecule has 1 N–H and O–H groups in total. The molecule has 0 aliphatic heterocycles.